The third-order valence-corrected chi connectivity index (χ3v) is 2.22. The fourth-order valence-corrected chi connectivity index (χ4v) is 1.31. The molecule has 8 heteroatoms. The van der Waals surface area contributed by atoms with Crippen LogP contribution in [0.25, 0.3) is 0 Å². The molecule has 0 aliphatic rings. The second-order valence-electron chi connectivity index (χ2n) is 3.28. The maximum Gasteiger partial charge on any atom is 0.263 e. The lowest BCUT2D eigenvalue weighted by atomic mass is 10.2. The van der Waals surface area contributed by atoms with Crippen LogP contribution in [0, 0.1) is 0 Å². The van der Waals surface area contributed by atoms with Gasteiger partial charge in [-0.05, 0) is 22.6 Å². The van der Waals surface area contributed by atoms with Crippen molar-refractivity contribution in [1.29, 1.82) is 0 Å². The van der Waals surface area contributed by atoms with E-state index in [1.54, 1.807) is 32.6 Å². The van der Waals surface area contributed by atoms with Gasteiger partial charge in [0.25, 0.3) is 5.95 Å². The fourth-order valence-electron chi connectivity index (χ4n) is 1.31. The van der Waals surface area contributed by atoms with Gasteiger partial charge in [-0.15, -0.1) is 0 Å². The first-order chi connectivity index (χ1) is 8.74. The summed E-state index contributed by atoms with van der Waals surface area (Å²) < 4.78 is 10.3. The van der Waals surface area contributed by atoms with E-state index in [2.05, 4.69) is 20.6 Å². The summed E-state index contributed by atoms with van der Waals surface area (Å²) in [6.07, 6.45) is 1.55. The molecule has 2 N–H and O–H groups in total. The van der Waals surface area contributed by atoms with E-state index in [1.807, 2.05) is 6.07 Å². The van der Waals surface area contributed by atoms with Crippen LogP contribution in [0.15, 0.2) is 23.3 Å². The van der Waals surface area contributed by atoms with E-state index >= 15 is 0 Å². The Morgan fingerprint density at radius 2 is 2.17 bits per heavy atom. The summed E-state index contributed by atoms with van der Waals surface area (Å²) in [4.78, 5) is 1.11. The maximum absolute atomic E-state index is 5.48. The molecule has 0 saturated carbocycles. The van der Waals surface area contributed by atoms with Crippen molar-refractivity contribution in [2.75, 3.05) is 20.0 Å². The van der Waals surface area contributed by atoms with Crippen molar-refractivity contribution in [3.63, 3.8) is 0 Å². The van der Waals surface area contributed by atoms with E-state index in [4.69, 9.17) is 15.2 Å². The van der Waals surface area contributed by atoms with Crippen LogP contribution < -0.4 is 15.2 Å². The quantitative estimate of drug-likeness (QED) is 0.773. The number of tetrazole rings is 1. The second-order valence-corrected chi connectivity index (χ2v) is 3.28. The molecule has 0 amide bonds. The van der Waals surface area contributed by atoms with Crippen molar-refractivity contribution in [3.05, 3.63) is 23.8 Å². The Labute approximate surface area is 103 Å². The second kappa shape index (κ2) is 5.13. The number of methoxy groups -OCH3 is 2. The van der Waals surface area contributed by atoms with Crippen LogP contribution in [-0.2, 0) is 0 Å². The number of benzene rings is 1. The SMILES string of the molecule is COc1ccc(/C=N/n2nnnc2N)c(OC)c1. The van der Waals surface area contributed by atoms with Crippen LogP contribution in [0.2, 0.25) is 0 Å². The highest BCUT2D eigenvalue weighted by Crippen LogP contribution is 2.23. The lowest BCUT2D eigenvalue weighted by molar-refractivity contribution is 0.394. The molecule has 0 aliphatic heterocycles. The number of nitrogens with two attached hydrogens (primary N) is 1. The first-order valence-corrected chi connectivity index (χ1v) is 5.05. The zero-order valence-electron chi connectivity index (χ0n) is 9.94. The molecule has 18 heavy (non-hydrogen) atoms. The zero-order valence-corrected chi connectivity index (χ0v) is 9.94. The van der Waals surface area contributed by atoms with Crippen LogP contribution in [-0.4, -0.2) is 40.8 Å². The van der Waals surface area contributed by atoms with Gasteiger partial charge in [0.15, 0.2) is 0 Å². The molecule has 0 radical (unpaired) electrons. The van der Waals surface area contributed by atoms with Gasteiger partial charge in [-0.2, -0.15) is 5.10 Å². The smallest absolute Gasteiger partial charge is 0.263 e. The largest absolute Gasteiger partial charge is 0.497 e. The molecule has 0 fully saturated rings. The third-order valence-electron chi connectivity index (χ3n) is 2.22. The number of nitrogen functional groups attached to an aromatic ring is 1. The summed E-state index contributed by atoms with van der Waals surface area (Å²) in [5, 5.41) is 14.5. The summed E-state index contributed by atoms with van der Waals surface area (Å²) >= 11 is 0. The lowest BCUT2D eigenvalue weighted by Crippen LogP contribution is -2.00. The maximum atomic E-state index is 5.48. The molecule has 0 atom stereocenters. The summed E-state index contributed by atoms with van der Waals surface area (Å²) in [5.41, 5.74) is 6.24. The minimum Gasteiger partial charge on any atom is -0.497 e. The summed E-state index contributed by atoms with van der Waals surface area (Å²) in [7, 11) is 3.15. The van der Waals surface area contributed by atoms with Crippen molar-refractivity contribution in [3.8, 4) is 11.5 Å². The van der Waals surface area contributed by atoms with E-state index in [9.17, 15) is 0 Å². The van der Waals surface area contributed by atoms with Gasteiger partial charge < -0.3 is 15.2 Å². The highest BCUT2D eigenvalue weighted by atomic mass is 16.5. The number of anilines is 1. The van der Waals surface area contributed by atoms with Gasteiger partial charge >= 0.3 is 0 Å². The minimum atomic E-state index is 0.110. The Morgan fingerprint density at radius 3 is 2.78 bits per heavy atom. The van der Waals surface area contributed by atoms with Gasteiger partial charge in [-0.1, -0.05) is 9.89 Å². The van der Waals surface area contributed by atoms with Crippen molar-refractivity contribution in [2.45, 2.75) is 0 Å². The molecule has 0 aliphatic carbocycles. The number of rotatable bonds is 4. The first-order valence-electron chi connectivity index (χ1n) is 5.05. The van der Waals surface area contributed by atoms with Crippen LogP contribution in [0.1, 0.15) is 5.56 Å². The van der Waals surface area contributed by atoms with E-state index in [0.29, 0.717) is 11.5 Å². The summed E-state index contributed by atoms with van der Waals surface area (Å²) in [6, 6.07) is 5.36. The molecule has 0 saturated heterocycles. The van der Waals surface area contributed by atoms with E-state index in [0.717, 1.165) is 10.4 Å². The van der Waals surface area contributed by atoms with E-state index in [1.165, 1.54) is 0 Å². The fraction of sp³-hybridized carbons (Fsp3) is 0.200. The Bertz CT molecular complexity index is 565. The van der Waals surface area contributed by atoms with Crippen molar-refractivity contribution < 1.29 is 9.47 Å². The average Bonchev–Trinajstić information content (AvgIpc) is 2.81. The average molecular weight is 248 g/mol. The van der Waals surface area contributed by atoms with Crippen LogP contribution >= 0.6 is 0 Å². The van der Waals surface area contributed by atoms with Crippen molar-refractivity contribution in [2.24, 2.45) is 5.10 Å². The molecular formula is C10H12N6O2. The number of ether oxygens (including phenoxy) is 2. The molecule has 0 bridgehead atoms. The third kappa shape index (κ3) is 2.37. The lowest BCUT2D eigenvalue weighted by Gasteiger charge is -2.06. The Kier molecular flexibility index (Phi) is 3.37. The molecule has 2 aromatic rings. The molecule has 1 heterocycles. The molecule has 0 spiro atoms. The predicted octanol–water partition coefficient (Wildman–Crippen LogP) is 0.155. The van der Waals surface area contributed by atoms with Gasteiger partial charge in [0.1, 0.15) is 11.5 Å². The topological polar surface area (TPSA) is 100 Å². The van der Waals surface area contributed by atoms with Crippen LogP contribution in [0.5, 0.6) is 11.5 Å². The summed E-state index contributed by atoms with van der Waals surface area (Å²) in [6.45, 7) is 0. The molecular weight excluding hydrogens is 236 g/mol. The van der Waals surface area contributed by atoms with Gasteiger partial charge in [0.05, 0.1) is 20.4 Å². The molecule has 2 rings (SSSR count). The highest BCUT2D eigenvalue weighted by molar-refractivity contribution is 5.83. The Balaban J connectivity index is 2.29. The Morgan fingerprint density at radius 1 is 1.33 bits per heavy atom. The predicted molar refractivity (Wildman–Crippen MR) is 64.8 cm³/mol. The molecule has 1 aromatic carbocycles. The van der Waals surface area contributed by atoms with Gasteiger partial charge in [0.2, 0.25) is 0 Å². The van der Waals surface area contributed by atoms with E-state index < -0.39 is 0 Å². The van der Waals surface area contributed by atoms with Crippen molar-refractivity contribution in [1.82, 2.24) is 20.3 Å². The number of hydrogen-bond acceptors (Lipinski definition) is 7. The zero-order chi connectivity index (χ0) is 13.0. The molecule has 1 aromatic heterocycles. The minimum absolute atomic E-state index is 0.110. The Hall–Kier alpha value is -2.64. The standard InChI is InChI=1S/C10H12N6O2/c1-17-8-4-3-7(9(5-8)18-2)6-12-16-10(11)13-14-15-16/h3-6H,1-2H3,(H2,11,13,15)/b12-6+. The van der Waals surface area contributed by atoms with Gasteiger partial charge in [-0.25, -0.2) is 0 Å². The molecule has 8 nitrogen and oxygen atoms in total. The van der Waals surface area contributed by atoms with Crippen LogP contribution in [0.4, 0.5) is 5.95 Å². The number of hydrogen-bond donors (Lipinski definition) is 1. The van der Waals surface area contributed by atoms with Gasteiger partial charge in [-0.3, -0.25) is 0 Å². The highest BCUT2D eigenvalue weighted by Gasteiger charge is 2.03. The number of aromatic nitrogens is 4. The van der Waals surface area contributed by atoms with E-state index in [-0.39, 0.29) is 5.95 Å². The molecule has 94 valence electrons. The summed E-state index contributed by atoms with van der Waals surface area (Å²) in [5.74, 6) is 1.44. The normalized spacial score (nSPS) is 10.8. The van der Waals surface area contributed by atoms with Gasteiger partial charge in [0, 0.05) is 11.6 Å². The van der Waals surface area contributed by atoms with Crippen LogP contribution in [0.3, 0.4) is 0 Å². The monoisotopic (exact) mass is 248 g/mol. The first kappa shape index (κ1) is 11.8. The molecule has 0 unspecified atom stereocenters. The number of nitrogens with zero attached hydrogens (tertiary/aromatic N) is 5. The van der Waals surface area contributed by atoms with Crippen molar-refractivity contribution >= 4 is 12.2 Å².